The molecule has 0 radical (unpaired) electrons. The van der Waals surface area contributed by atoms with Gasteiger partial charge in [0.05, 0.1) is 10.8 Å². The average molecular weight is 332 g/mol. The van der Waals surface area contributed by atoms with Crippen molar-refractivity contribution in [2.24, 2.45) is 10.2 Å². The number of hydrogen-bond donors (Lipinski definition) is 0. The summed E-state index contributed by atoms with van der Waals surface area (Å²) in [6, 6.07) is 10.1. The lowest BCUT2D eigenvalue weighted by Gasteiger charge is -2.20. The Morgan fingerprint density at radius 1 is 1.00 bits per heavy atom. The van der Waals surface area contributed by atoms with E-state index in [1.807, 2.05) is 30.4 Å². The molecule has 3 nitrogen and oxygen atoms in total. The van der Waals surface area contributed by atoms with Crippen molar-refractivity contribution < 1.29 is 4.21 Å². The van der Waals surface area contributed by atoms with Gasteiger partial charge in [0.1, 0.15) is 10.1 Å². The first-order valence-electron chi connectivity index (χ1n) is 7.78. The minimum Gasteiger partial charge on any atom is -0.252 e. The molecule has 1 aromatic carbocycles. The van der Waals surface area contributed by atoms with Gasteiger partial charge in [-0.3, -0.25) is 4.21 Å². The molecule has 1 heterocycles. The van der Waals surface area contributed by atoms with E-state index < -0.39 is 10.8 Å². The molecule has 5 heteroatoms. The van der Waals surface area contributed by atoms with Crippen LogP contribution in [0, 0.1) is 0 Å². The minimum atomic E-state index is -1.01. The van der Waals surface area contributed by atoms with Crippen LogP contribution in [0.5, 0.6) is 0 Å². The number of thioether (sulfide) groups is 1. The van der Waals surface area contributed by atoms with Crippen LogP contribution < -0.4 is 0 Å². The van der Waals surface area contributed by atoms with Crippen LogP contribution in [-0.2, 0) is 10.8 Å². The van der Waals surface area contributed by atoms with Crippen LogP contribution in [0.2, 0.25) is 0 Å². The van der Waals surface area contributed by atoms with E-state index in [4.69, 9.17) is 0 Å². The standard InChI is InChI=1S/C17H20N2OS2/c20-22(15-10-5-2-6-11-15)17-13-7-12-16(18-19-17)21-14-8-3-1-4-9-14/h1,3-4,8-9,12-13,15H,2,5-7,10-11H2. The molecule has 1 atom stereocenters. The second kappa shape index (κ2) is 7.88. The molecule has 1 saturated carbocycles. The van der Waals surface area contributed by atoms with Crippen molar-refractivity contribution in [1.29, 1.82) is 0 Å². The lowest BCUT2D eigenvalue weighted by Crippen LogP contribution is -2.19. The van der Waals surface area contributed by atoms with Crippen molar-refractivity contribution >= 4 is 22.6 Å². The number of allylic oxidation sites excluding steroid dienone is 2. The van der Waals surface area contributed by atoms with Crippen molar-refractivity contribution in [3.05, 3.63) is 52.5 Å². The van der Waals surface area contributed by atoms with Crippen molar-refractivity contribution in [3.8, 4) is 0 Å². The minimum absolute atomic E-state index is 0.266. The van der Waals surface area contributed by atoms with E-state index in [2.05, 4.69) is 22.4 Å². The van der Waals surface area contributed by atoms with E-state index in [1.165, 1.54) is 19.3 Å². The maximum Gasteiger partial charge on any atom is 0.146 e. The predicted octanol–water partition coefficient (Wildman–Crippen LogP) is 5.40. The molecule has 1 aliphatic heterocycles. The molecule has 1 fully saturated rings. The third-order valence-electron chi connectivity index (χ3n) is 3.86. The van der Waals surface area contributed by atoms with E-state index in [9.17, 15) is 4.21 Å². The molecular formula is C17H20N2OS2. The van der Waals surface area contributed by atoms with Crippen molar-refractivity contribution in [2.75, 3.05) is 0 Å². The molecule has 22 heavy (non-hydrogen) atoms. The predicted molar refractivity (Wildman–Crippen MR) is 93.0 cm³/mol. The lowest BCUT2D eigenvalue weighted by molar-refractivity contribution is 0.506. The fourth-order valence-corrected chi connectivity index (χ4v) is 4.97. The highest BCUT2D eigenvalue weighted by atomic mass is 32.2. The van der Waals surface area contributed by atoms with E-state index in [0.717, 1.165) is 29.2 Å². The Morgan fingerprint density at radius 3 is 2.55 bits per heavy atom. The SMILES string of the molecule is O=S(C1=CCC=C(Sc2ccccc2)N=N1)C1CCCCC1. The van der Waals surface area contributed by atoms with Gasteiger partial charge < -0.3 is 0 Å². The van der Waals surface area contributed by atoms with Gasteiger partial charge in [0.2, 0.25) is 0 Å². The normalized spacial score (nSPS) is 20.9. The zero-order chi connectivity index (χ0) is 15.2. The molecule has 0 saturated heterocycles. The largest absolute Gasteiger partial charge is 0.252 e. The molecule has 3 rings (SSSR count). The van der Waals surface area contributed by atoms with Crippen LogP contribution in [0.25, 0.3) is 0 Å². The molecule has 1 aliphatic carbocycles. The summed E-state index contributed by atoms with van der Waals surface area (Å²) in [6.45, 7) is 0. The highest BCUT2D eigenvalue weighted by Crippen LogP contribution is 2.31. The van der Waals surface area contributed by atoms with E-state index >= 15 is 0 Å². The zero-order valence-corrected chi connectivity index (χ0v) is 14.1. The molecule has 2 aliphatic rings. The van der Waals surface area contributed by atoms with Gasteiger partial charge in [-0.2, -0.15) is 0 Å². The Balaban J connectivity index is 1.64. The summed E-state index contributed by atoms with van der Waals surface area (Å²) in [5.41, 5.74) is 0. The van der Waals surface area contributed by atoms with Gasteiger partial charge in [-0.05, 0) is 43.5 Å². The summed E-state index contributed by atoms with van der Waals surface area (Å²) in [6.07, 6.45) is 10.5. The van der Waals surface area contributed by atoms with Crippen LogP contribution in [0.3, 0.4) is 0 Å². The van der Waals surface area contributed by atoms with E-state index in [-0.39, 0.29) is 5.25 Å². The summed E-state index contributed by atoms with van der Waals surface area (Å²) >= 11 is 1.60. The quantitative estimate of drug-likeness (QED) is 0.741. The first-order valence-corrected chi connectivity index (χ1v) is 9.81. The van der Waals surface area contributed by atoms with Crippen LogP contribution >= 0.6 is 11.8 Å². The van der Waals surface area contributed by atoms with Gasteiger partial charge in [-0.25, -0.2) is 0 Å². The van der Waals surface area contributed by atoms with Crippen LogP contribution in [0.1, 0.15) is 38.5 Å². The Bertz CT molecular complexity index is 617. The fraction of sp³-hybridized carbons (Fsp3) is 0.412. The molecule has 1 aromatic rings. The van der Waals surface area contributed by atoms with Gasteiger partial charge in [0.25, 0.3) is 0 Å². The molecule has 0 amide bonds. The fourth-order valence-electron chi connectivity index (χ4n) is 2.68. The smallest absolute Gasteiger partial charge is 0.146 e. The number of azo groups is 1. The zero-order valence-electron chi connectivity index (χ0n) is 12.5. The van der Waals surface area contributed by atoms with Gasteiger partial charge in [0.15, 0.2) is 0 Å². The monoisotopic (exact) mass is 332 g/mol. The third-order valence-corrected chi connectivity index (χ3v) is 6.56. The average Bonchev–Trinajstić information content (AvgIpc) is 2.82. The Hall–Kier alpha value is -1.20. The number of benzene rings is 1. The van der Waals surface area contributed by atoms with Crippen LogP contribution in [0.4, 0.5) is 0 Å². The Morgan fingerprint density at radius 2 is 1.77 bits per heavy atom. The topological polar surface area (TPSA) is 41.8 Å². The first kappa shape index (κ1) is 15.7. The maximum absolute atomic E-state index is 12.6. The number of rotatable bonds is 4. The summed E-state index contributed by atoms with van der Waals surface area (Å²) in [5, 5.41) is 10.4. The maximum atomic E-state index is 12.6. The van der Waals surface area contributed by atoms with E-state index in [0.29, 0.717) is 5.03 Å². The molecular weight excluding hydrogens is 312 g/mol. The lowest BCUT2D eigenvalue weighted by atomic mass is 10.0. The van der Waals surface area contributed by atoms with Gasteiger partial charge >= 0.3 is 0 Å². The van der Waals surface area contributed by atoms with Crippen molar-refractivity contribution in [3.63, 3.8) is 0 Å². The van der Waals surface area contributed by atoms with Crippen molar-refractivity contribution in [2.45, 2.75) is 48.7 Å². The number of hydrogen-bond acceptors (Lipinski definition) is 4. The molecule has 0 spiro atoms. The second-order valence-corrected chi connectivity index (χ2v) is 8.27. The van der Waals surface area contributed by atoms with Crippen LogP contribution in [-0.4, -0.2) is 9.46 Å². The highest BCUT2D eigenvalue weighted by Gasteiger charge is 2.23. The molecule has 0 bridgehead atoms. The first-order chi connectivity index (χ1) is 10.8. The number of nitrogens with zero attached hydrogens (tertiary/aromatic N) is 2. The second-order valence-electron chi connectivity index (χ2n) is 5.49. The Kier molecular flexibility index (Phi) is 5.62. The van der Waals surface area contributed by atoms with Crippen molar-refractivity contribution in [1.82, 2.24) is 0 Å². The molecule has 0 aromatic heterocycles. The molecule has 1 unspecified atom stereocenters. The highest BCUT2D eigenvalue weighted by molar-refractivity contribution is 8.03. The Labute approximate surface area is 138 Å². The summed E-state index contributed by atoms with van der Waals surface area (Å²) in [5.74, 6) is 0. The van der Waals surface area contributed by atoms with Crippen LogP contribution in [0.15, 0.2) is 67.7 Å². The molecule has 116 valence electrons. The van der Waals surface area contributed by atoms with Gasteiger partial charge in [-0.1, -0.05) is 49.2 Å². The third kappa shape index (κ3) is 4.17. The van der Waals surface area contributed by atoms with Gasteiger partial charge in [0, 0.05) is 10.1 Å². The molecule has 0 N–H and O–H groups in total. The van der Waals surface area contributed by atoms with Gasteiger partial charge in [-0.15, -0.1) is 10.2 Å². The summed E-state index contributed by atoms with van der Waals surface area (Å²) in [7, 11) is -1.01. The summed E-state index contributed by atoms with van der Waals surface area (Å²) in [4.78, 5) is 1.14. The summed E-state index contributed by atoms with van der Waals surface area (Å²) < 4.78 is 12.6. The van der Waals surface area contributed by atoms with E-state index in [1.54, 1.807) is 11.8 Å².